The molecule has 0 amide bonds. The maximum Gasteiger partial charge on any atom is 0.224 e. The summed E-state index contributed by atoms with van der Waals surface area (Å²) in [7, 11) is 0. The Hall–Kier alpha value is -1.03. The molecule has 1 atom stereocenters. The number of nitrogens with two attached hydrogens (primary N) is 1. The first-order chi connectivity index (χ1) is 7.69. The van der Waals surface area contributed by atoms with E-state index in [2.05, 4.69) is 22.2 Å². The predicted molar refractivity (Wildman–Crippen MR) is 66.5 cm³/mol. The van der Waals surface area contributed by atoms with Crippen LogP contribution in [0.1, 0.15) is 32.6 Å². The third kappa shape index (κ3) is 2.98. The number of anilines is 2. The van der Waals surface area contributed by atoms with Crippen molar-refractivity contribution in [3.05, 3.63) is 11.5 Å². The van der Waals surface area contributed by atoms with Gasteiger partial charge in [-0.3, -0.25) is 0 Å². The molecule has 1 unspecified atom stereocenters. The Morgan fingerprint density at radius 3 is 3.00 bits per heavy atom. The first kappa shape index (κ1) is 11.5. The summed E-state index contributed by atoms with van der Waals surface area (Å²) in [6.07, 6.45) is 6.52. The summed E-state index contributed by atoms with van der Waals surface area (Å²) < 4.78 is 0. The summed E-state index contributed by atoms with van der Waals surface area (Å²) >= 11 is 5.74. The maximum absolute atomic E-state index is 5.79. The molecular weight excluding hydrogens is 224 g/mol. The fraction of sp³-hybridized carbons (Fsp3) is 0.636. The third-order valence-corrected chi connectivity index (χ3v) is 3.12. The molecule has 5 heteroatoms. The van der Waals surface area contributed by atoms with Crippen LogP contribution in [0.3, 0.4) is 0 Å². The highest BCUT2D eigenvalue weighted by Gasteiger charge is 2.25. The monoisotopic (exact) mass is 240 g/mol. The second-order valence-electron chi connectivity index (χ2n) is 4.37. The Kier molecular flexibility index (Phi) is 3.49. The van der Waals surface area contributed by atoms with E-state index in [4.69, 9.17) is 17.3 Å². The van der Waals surface area contributed by atoms with Crippen molar-refractivity contribution >= 4 is 23.1 Å². The zero-order valence-corrected chi connectivity index (χ0v) is 10.2. The first-order valence-corrected chi connectivity index (χ1v) is 6.11. The number of halogens is 1. The van der Waals surface area contributed by atoms with E-state index >= 15 is 0 Å². The predicted octanol–water partition coefficient (Wildman–Crippen LogP) is 2.70. The molecule has 1 aliphatic rings. The van der Waals surface area contributed by atoms with E-state index in [1.54, 1.807) is 6.20 Å². The van der Waals surface area contributed by atoms with E-state index in [0.29, 0.717) is 17.5 Å². The van der Waals surface area contributed by atoms with Gasteiger partial charge in [-0.25, -0.2) is 4.98 Å². The van der Waals surface area contributed by atoms with E-state index in [-0.39, 0.29) is 5.28 Å². The molecule has 2 rings (SSSR count). The number of nitrogen functional groups attached to an aromatic ring is 1. The lowest BCUT2D eigenvalue weighted by Crippen LogP contribution is -2.21. The van der Waals surface area contributed by atoms with Crippen LogP contribution in [0.5, 0.6) is 0 Å². The zero-order valence-electron chi connectivity index (χ0n) is 9.41. The Morgan fingerprint density at radius 1 is 1.62 bits per heavy atom. The first-order valence-electron chi connectivity index (χ1n) is 5.73. The number of nitrogens with one attached hydrogen (secondary N) is 1. The average molecular weight is 241 g/mol. The molecule has 16 heavy (non-hydrogen) atoms. The molecule has 0 radical (unpaired) electrons. The van der Waals surface area contributed by atoms with Crippen LogP contribution in [0.25, 0.3) is 0 Å². The van der Waals surface area contributed by atoms with Crippen LogP contribution >= 0.6 is 11.6 Å². The summed E-state index contributed by atoms with van der Waals surface area (Å²) in [6.45, 7) is 2.17. The van der Waals surface area contributed by atoms with Crippen molar-refractivity contribution in [1.29, 1.82) is 0 Å². The number of hydrogen-bond acceptors (Lipinski definition) is 4. The second kappa shape index (κ2) is 4.87. The molecule has 1 heterocycles. The summed E-state index contributed by atoms with van der Waals surface area (Å²) in [5.74, 6) is 1.54. The van der Waals surface area contributed by atoms with Crippen LogP contribution in [-0.2, 0) is 0 Å². The van der Waals surface area contributed by atoms with Gasteiger partial charge in [-0.2, -0.15) is 4.98 Å². The minimum absolute atomic E-state index is 0.234. The third-order valence-electron chi connectivity index (χ3n) is 2.94. The van der Waals surface area contributed by atoms with Crippen LogP contribution < -0.4 is 11.1 Å². The molecule has 0 aliphatic heterocycles. The molecular formula is C11H17ClN4. The van der Waals surface area contributed by atoms with Gasteiger partial charge in [0.1, 0.15) is 0 Å². The van der Waals surface area contributed by atoms with Gasteiger partial charge in [-0.1, -0.05) is 19.8 Å². The van der Waals surface area contributed by atoms with Crippen molar-refractivity contribution in [3.63, 3.8) is 0 Å². The highest BCUT2D eigenvalue weighted by molar-refractivity contribution is 6.28. The van der Waals surface area contributed by atoms with Gasteiger partial charge in [0.15, 0.2) is 5.82 Å². The molecule has 3 N–H and O–H groups in total. The molecule has 88 valence electrons. The highest BCUT2D eigenvalue weighted by Crippen LogP contribution is 2.35. The Morgan fingerprint density at radius 2 is 2.38 bits per heavy atom. The molecule has 1 aromatic rings. The fourth-order valence-electron chi connectivity index (χ4n) is 1.76. The molecule has 1 saturated carbocycles. The van der Waals surface area contributed by atoms with Gasteiger partial charge in [-0.05, 0) is 30.4 Å². The highest BCUT2D eigenvalue weighted by atomic mass is 35.5. The Balaban J connectivity index is 2.01. The van der Waals surface area contributed by atoms with E-state index in [0.717, 1.165) is 12.3 Å². The molecule has 4 nitrogen and oxygen atoms in total. The van der Waals surface area contributed by atoms with Crippen molar-refractivity contribution in [3.8, 4) is 0 Å². The normalized spacial score (nSPS) is 17.1. The van der Waals surface area contributed by atoms with E-state index in [1.165, 1.54) is 19.3 Å². The van der Waals surface area contributed by atoms with Crippen LogP contribution in [0.4, 0.5) is 11.5 Å². The number of nitrogens with zero attached hydrogens (tertiary/aromatic N) is 2. The van der Waals surface area contributed by atoms with Crippen molar-refractivity contribution in [1.82, 2.24) is 9.97 Å². The zero-order chi connectivity index (χ0) is 11.5. The van der Waals surface area contributed by atoms with Gasteiger partial charge in [0.2, 0.25) is 5.28 Å². The lowest BCUT2D eigenvalue weighted by atomic mass is 10.1. The SMILES string of the molecule is CCC(CC1CC1)Nc1nc(Cl)ncc1N. The number of hydrogen-bond donors (Lipinski definition) is 2. The van der Waals surface area contributed by atoms with Crippen LogP contribution in [0, 0.1) is 5.92 Å². The smallest absolute Gasteiger partial charge is 0.224 e. The number of aromatic nitrogens is 2. The van der Waals surface area contributed by atoms with Crippen molar-refractivity contribution in [2.45, 2.75) is 38.6 Å². The van der Waals surface area contributed by atoms with Crippen LogP contribution in [0.15, 0.2) is 6.20 Å². The maximum atomic E-state index is 5.79. The average Bonchev–Trinajstić information content (AvgIpc) is 3.06. The lowest BCUT2D eigenvalue weighted by Gasteiger charge is -2.18. The molecule has 0 spiro atoms. The minimum Gasteiger partial charge on any atom is -0.394 e. The van der Waals surface area contributed by atoms with E-state index in [9.17, 15) is 0 Å². The summed E-state index contributed by atoms with van der Waals surface area (Å²) in [6, 6.07) is 0.431. The molecule has 1 aromatic heterocycles. The van der Waals surface area contributed by atoms with Crippen LogP contribution in [0.2, 0.25) is 5.28 Å². The summed E-state index contributed by atoms with van der Waals surface area (Å²) in [4.78, 5) is 7.94. The Labute approximate surface area is 101 Å². The van der Waals surface area contributed by atoms with Gasteiger partial charge in [-0.15, -0.1) is 0 Å². The molecule has 0 aromatic carbocycles. The van der Waals surface area contributed by atoms with E-state index in [1.807, 2.05) is 0 Å². The van der Waals surface area contributed by atoms with Crippen molar-refractivity contribution in [2.75, 3.05) is 11.1 Å². The standard InChI is InChI=1S/C11H17ClN4/c1-2-8(5-7-3-4-7)15-10-9(13)6-14-11(12)16-10/h6-8H,2-5,13H2,1H3,(H,14,15,16). The molecule has 0 bridgehead atoms. The second-order valence-corrected chi connectivity index (χ2v) is 4.71. The topological polar surface area (TPSA) is 63.8 Å². The lowest BCUT2D eigenvalue weighted by molar-refractivity contribution is 0.585. The van der Waals surface area contributed by atoms with Crippen LogP contribution in [-0.4, -0.2) is 16.0 Å². The molecule has 1 fully saturated rings. The fourth-order valence-corrected chi connectivity index (χ4v) is 1.90. The Bertz CT molecular complexity index is 365. The number of rotatable bonds is 5. The summed E-state index contributed by atoms with van der Waals surface area (Å²) in [5, 5.41) is 3.58. The summed E-state index contributed by atoms with van der Waals surface area (Å²) in [5.41, 5.74) is 6.35. The molecule has 1 aliphatic carbocycles. The van der Waals surface area contributed by atoms with E-state index < -0.39 is 0 Å². The van der Waals surface area contributed by atoms with Gasteiger partial charge in [0.25, 0.3) is 0 Å². The van der Waals surface area contributed by atoms with Crippen molar-refractivity contribution in [2.24, 2.45) is 5.92 Å². The minimum atomic E-state index is 0.234. The van der Waals surface area contributed by atoms with Gasteiger partial charge < -0.3 is 11.1 Å². The molecule has 0 saturated heterocycles. The van der Waals surface area contributed by atoms with Gasteiger partial charge in [0.05, 0.1) is 11.9 Å². The van der Waals surface area contributed by atoms with Gasteiger partial charge in [0, 0.05) is 6.04 Å². The van der Waals surface area contributed by atoms with Crippen molar-refractivity contribution < 1.29 is 0 Å². The largest absolute Gasteiger partial charge is 0.394 e. The quantitative estimate of drug-likeness (QED) is 0.777. The van der Waals surface area contributed by atoms with Gasteiger partial charge >= 0.3 is 0 Å².